The smallest absolute Gasteiger partial charge is 0.323 e. The number of hydrogen-bond acceptors (Lipinski definition) is 4. The number of thiocarbonyl (C=S) groups is 1. The van der Waals surface area contributed by atoms with Crippen LogP contribution in [0.3, 0.4) is 0 Å². The topological polar surface area (TPSA) is 67.5 Å². The van der Waals surface area contributed by atoms with Gasteiger partial charge in [0.15, 0.2) is 0 Å². The standard InChI is InChI=1S/C42H27N3O3S2/c46-40(47)25-43-41(48)39(50-42(43)49)24-26-13-22-38-34(23-26)33-9-3-6-12-37(33)45(38)30-20-16-28(17-21-30)27-14-18-29(19-15-27)44-35-10-4-1-7-31(35)32-8-2-5-11-36(32)44/h1-24H,25H2,(H,46,47)/b39-24-. The van der Waals surface area contributed by atoms with Crippen LogP contribution in [0.5, 0.6) is 0 Å². The van der Waals surface area contributed by atoms with E-state index in [0.717, 1.165) is 66.5 Å². The molecule has 240 valence electrons. The Hall–Kier alpha value is -5.96. The fourth-order valence-electron chi connectivity index (χ4n) is 7.09. The molecule has 1 fully saturated rings. The van der Waals surface area contributed by atoms with Crippen LogP contribution in [0.4, 0.5) is 0 Å². The molecule has 3 heterocycles. The molecular weight excluding hydrogens is 659 g/mol. The van der Waals surface area contributed by atoms with E-state index in [1.54, 1.807) is 6.08 Å². The second-order valence-electron chi connectivity index (χ2n) is 12.3. The average molecular weight is 686 g/mol. The second-order valence-corrected chi connectivity index (χ2v) is 13.9. The summed E-state index contributed by atoms with van der Waals surface area (Å²) < 4.78 is 4.84. The molecule has 0 radical (unpaired) electrons. The molecule has 6 nitrogen and oxygen atoms in total. The maximum atomic E-state index is 12.9. The minimum atomic E-state index is -1.10. The summed E-state index contributed by atoms with van der Waals surface area (Å²) >= 11 is 6.41. The predicted octanol–water partition coefficient (Wildman–Crippen LogP) is 9.83. The summed E-state index contributed by atoms with van der Waals surface area (Å²) in [4.78, 5) is 25.7. The Morgan fingerprint density at radius 3 is 1.58 bits per heavy atom. The minimum Gasteiger partial charge on any atom is -0.480 e. The molecule has 0 unspecified atom stereocenters. The van der Waals surface area contributed by atoms with Crippen LogP contribution in [-0.2, 0) is 9.59 Å². The Balaban J connectivity index is 1.05. The van der Waals surface area contributed by atoms with Gasteiger partial charge in [0.2, 0.25) is 0 Å². The number of carboxylic acid groups (broad SMARTS) is 1. The van der Waals surface area contributed by atoms with Gasteiger partial charge < -0.3 is 14.2 Å². The highest BCUT2D eigenvalue weighted by molar-refractivity contribution is 8.26. The lowest BCUT2D eigenvalue weighted by molar-refractivity contribution is -0.140. The maximum absolute atomic E-state index is 12.9. The van der Waals surface area contributed by atoms with E-state index in [4.69, 9.17) is 12.2 Å². The van der Waals surface area contributed by atoms with E-state index < -0.39 is 12.5 Å². The number of benzene rings is 6. The molecule has 1 amide bonds. The molecule has 8 heteroatoms. The zero-order valence-corrected chi connectivity index (χ0v) is 28.1. The zero-order valence-electron chi connectivity index (χ0n) is 26.5. The van der Waals surface area contributed by atoms with Crippen molar-refractivity contribution in [3.63, 3.8) is 0 Å². The van der Waals surface area contributed by atoms with Crippen molar-refractivity contribution in [2.24, 2.45) is 0 Å². The van der Waals surface area contributed by atoms with E-state index in [2.05, 4.69) is 130 Å². The summed E-state index contributed by atoms with van der Waals surface area (Å²) in [5.74, 6) is -1.48. The molecule has 1 saturated heterocycles. The number of hydrogen-bond donors (Lipinski definition) is 1. The van der Waals surface area contributed by atoms with Gasteiger partial charge in [-0.1, -0.05) is 109 Å². The number of para-hydroxylation sites is 3. The second kappa shape index (κ2) is 11.9. The van der Waals surface area contributed by atoms with E-state index in [-0.39, 0.29) is 10.2 Å². The van der Waals surface area contributed by atoms with Gasteiger partial charge >= 0.3 is 5.97 Å². The first-order valence-electron chi connectivity index (χ1n) is 16.1. The quantitative estimate of drug-likeness (QED) is 0.139. The Morgan fingerprint density at radius 2 is 1.08 bits per heavy atom. The van der Waals surface area contributed by atoms with Crippen molar-refractivity contribution in [3.8, 4) is 22.5 Å². The summed E-state index contributed by atoms with van der Waals surface area (Å²) in [6.07, 6.45) is 1.79. The number of aromatic nitrogens is 2. The molecule has 0 spiro atoms. The van der Waals surface area contributed by atoms with Crippen molar-refractivity contribution in [2.75, 3.05) is 6.54 Å². The van der Waals surface area contributed by atoms with Crippen LogP contribution < -0.4 is 0 Å². The SMILES string of the molecule is O=C(O)CN1C(=O)/C(=C/c2ccc3c(c2)c2ccccc2n3-c2ccc(-c3ccc(-n4c5ccccc5c5ccccc54)cc3)cc2)SC1=S. The van der Waals surface area contributed by atoms with Crippen molar-refractivity contribution >= 4 is 89.9 Å². The van der Waals surface area contributed by atoms with Gasteiger partial charge in [0, 0.05) is 32.9 Å². The molecule has 0 bridgehead atoms. The molecular formula is C42H27N3O3S2. The monoisotopic (exact) mass is 685 g/mol. The largest absolute Gasteiger partial charge is 0.480 e. The van der Waals surface area contributed by atoms with Gasteiger partial charge in [0.05, 0.1) is 27.0 Å². The van der Waals surface area contributed by atoms with Gasteiger partial charge in [0.1, 0.15) is 10.9 Å². The lowest BCUT2D eigenvalue weighted by Crippen LogP contribution is -2.33. The number of amides is 1. The molecule has 9 rings (SSSR count). The van der Waals surface area contributed by atoms with Crippen molar-refractivity contribution in [1.29, 1.82) is 0 Å². The number of thioether (sulfide) groups is 1. The third-order valence-corrected chi connectivity index (χ3v) is 10.7. The molecule has 0 saturated carbocycles. The van der Waals surface area contributed by atoms with Gasteiger partial charge in [-0.2, -0.15) is 0 Å². The molecule has 1 aliphatic rings. The summed E-state index contributed by atoms with van der Waals surface area (Å²) in [6.45, 7) is -0.443. The van der Waals surface area contributed by atoms with Crippen LogP contribution in [0.2, 0.25) is 0 Å². The van der Waals surface area contributed by atoms with Gasteiger partial charge in [0.25, 0.3) is 5.91 Å². The summed E-state index contributed by atoms with van der Waals surface area (Å²) in [6, 6.07) is 48.9. The van der Waals surface area contributed by atoms with E-state index in [9.17, 15) is 14.7 Å². The molecule has 8 aromatic rings. The van der Waals surface area contributed by atoms with Gasteiger partial charge in [-0.25, -0.2) is 0 Å². The first-order valence-corrected chi connectivity index (χ1v) is 17.4. The number of fused-ring (bicyclic) bond motifs is 6. The van der Waals surface area contributed by atoms with Crippen LogP contribution in [-0.4, -0.2) is 41.9 Å². The Bertz CT molecular complexity index is 2670. The van der Waals surface area contributed by atoms with Crippen LogP contribution in [0.1, 0.15) is 5.56 Å². The highest BCUT2D eigenvalue weighted by Gasteiger charge is 2.33. The molecule has 50 heavy (non-hydrogen) atoms. The fraction of sp³-hybridized carbons (Fsp3) is 0.0238. The van der Waals surface area contributed by atoms with Crippen molar-refractivity contribution in [2.45, 2.75) is 0 Å². The maximum Gasteiger partial charge on any atom is 0.323 e. The number of nitrogens with zero attached hydrogens (tertiary/aromatic N) is 3. The first-order chi connectivity index (χ1) is 24.4. The zero-order chi connectivity index (χ0) is 33.9. The Kier molecular flexibility index (Phi) is 7.15. The number of aliphatic carboxylic acids is 1. The Labute approximate surface area is 296 Å². The fourth-order valence-corrected chi connectivity index (χ4v) is 8.34. The third kappa shape index (κ3) is 4.91. The van der Waals surface area contributed by atoms with Crippen molar-refractivity contribution in [1.82, 2.24) is 14.0 Å². The molecule has 0 atom stereocenters. The van der Waals surface area contributed by atoms with Crippen molar-refractivity contribution < 1.29 is 14.7 Å². The van der Waals surface area contributed by atoms with E-state index in [1.807, 2.05) is 18.2 Å². The van der Waals surface area contributed by atoms with Crippen molar-refractivity contribution in [3.05, 3.63) is 150 Å². The van der Waals surface area contributed by atoms with Crippen LogP contribution in [0.25, 0.3) is 72.2 Å². The van der Waals surface area contributed by atoms with E-state index in [1.165, 1.54) is 21.8 Å². The van der Waals surface area contributed by atoms with Gasteiger partial charge in [-0.15, -0.1) is 0 Å². The normalized spacial score (nSPS) is 14.2. The lowest BCUT2D eigenvalue weighted by atomic mass is 10.0. The molecule has 1 N–H and O–H groups in total. The minimum absolute atomic E-state index is 0.254. The highest BCUT2D eigenvalue weighted by atomic mass is 32.2. The van der Waals surface area contributed by atoms with Gasteiger partial charge in [-0.3, -0.25) is 14.5 Å². The van der Waals surface area contributed by atoms with Gasteiger partial charge in [-0.05, 0) is 77.4 Å². The van der Waals surface area contributed by atoms with E-state index in [0.29, 0.717) is 4.91 Å². The number of carbonyl (C=O) groups excluding carboxylic acids is 1. The van der Waals surface area contributed by atoms with Crippen LogP contribution in [0.15, 0.2) is 144 Å². The van der Waals surface area contributed by atoms with Crippen LogP contribution >= 0.6 is 24.0 Å². The summed E-state index contributed by atoms with van der Waals surface area (Å²) in [5, 5.41) is 13.8. The first kappa shape index (κ1) is 30.1. The number of rotatable bonds is 6. The predicted molar refractivity (Wildman–Crippen MR) is 208 cm³/mol. The third-order valence-electron chi connectivity index (χ3n) is 9.33. The summed E-state index contributed by atoms with van der Waals surface area (Å²) in [5.41, 5.74) is 9.80. The van der Waals surface area contributed by atoms with Crippen LogP contribution in [0, 0.1) is 0 Å². The van der Waals surface area contributed by atoms with E-state index >= 15 is 0 Å². The highest BCUT2D eigenvalue weighted by Crippen LogP contribution is 2.37. The number of carboxylic acids is 1. The molecule has 2 aromatic heterocycles. The average Bonchev–Trinajstić information content (AvgIpc) is 3.75. The molecule has 0 aliphatic carbocycles. The molecule has 1 aliphatic heterocycles. The lowest BCUT2D eigenvalue weighted by Gasteiger charge is -2.11. The Morgan fingerprint density at radius 1 is 0.620 bits per heavy atom. The summed E-state index contributed by atoms with van der Waals surface area (Å²) in [7, 11) is 0. The number of carbonyl (C=O) groups is 2. The molecule has 6 aromatic carbocycles.